The highest BCUT2D eigenvalue weighted by molar-refractivity contribution is 5.93. The van der Waals surface area contributed by atoms with Crippen molar-refractivity contribution in [3.8, 4) is 11.5 Å². The second-order valence-electron chi connectivity index (χ2n) is 5.09. The number of guanidine groups is 1. The summed E-state index contributed by atoms with van der Waals surface area (Å²) in [6, 6.07) is 5.61. The van der Waals surface area contributed by atoms with Crippen LogP contribution < -0.4 is 20.1 Å². The fourth-order valence-corrected chi connectivity index (χ4v) is 2.11. The molecular formula is C18H29N3O4. The summed E-state index contributed by atoms with van der Waals surface area (Å²) in [6.45, 7) is 7.95. The van der Waals surface area contributed by atoms with Gasteiger partial charge in [0.2, 0.25) is 0 Å². The Morgan fingerprint density at radius 2 is 1.96 bits per heavy atom. The number of benzene rings is 1. The quantitative estimate of drug-likeness (QED) is 0.292. The van der Waals surface area contributed by atoms with Gasteiger partial charge in [-0.3, -0.25) is 9.79 Å². The number of carbonyl (C=O) groups is 1. The third-order valence-corrected chi connectivity index (χ3v) is 3.18. The van der Waals surface area contributed by atoms with Crippen LogP contribution in [0.25, 0.3) is 0 Å². The average molecular weight is 351 g/mol. The maximum atomic E-state index is 11.3. The molecule has 0 aliphatic carbocycles. The third kappa shape index (κ3) is 7.78. The summed E-state index contributed by atoms with van der Waals surface area (Å²) < 4.78 is 15.8. The van der Waals surface area contributed by atoms with Crippen molar-refractivity contribution in [3.05, 3.63) is 18.2 Å². The van der Waals surface area contributed by atoms with Crippen molar-refractivity contribution < 1.29 is 19.0 Å². The van der Waals surface area contributed by atoms with Crippen LogP contribution in [-0.2, 0) is 9.53 Å². The van der Waals surface area contributed by atoms with Crippen LogP contribution >= 0.6 is 0 Å². The second-order valence-corrected chi connectivity index (χ2v) is 5.09. The molecule has 1 aromatic rings. The van der Waals surface area contributed by atoms with Crippen LogP contribution in [0.15, 0.2) is 23.2 Å². The van der Waals surface area contributed by atoms with Crippen molar-refractivity contribution >= 4 is 17.6 Å². The van der Waals surface area contributed by atoms with Gasteiger partial charge in [0.1, 0.15) is 0 Å². The summed E-state index contributed by atoms with van der Waals surface area (Å²) in [6.07, 6.45) is 1.01. The van der Waals surface area contributed by atoms with Gasteiger partial charge in [0.25, 0.3) is 0 Å². The topological polar surface area (TPSA) is 81.2 Å². The molecule has 7 nitrogen and oxygen atoms in total. The van der Waals surface area contributed by atoms with E-state index in [0.717, 1.165) is 12.2 Å². The van der Waals surface area contributed by atoms with Gasteiger partial charge in [-0.05, 0) is 39.3 Å². The molecule has 0 heterocycles. The van der Waals surface area contributed by atoms with Crippen LogP contribution in [0.1, 0.15) is 33.6 Å². The first-order valence-corrected chi connectivity index (χ1v) is 8.66. The van der Waals surface area contributed by atoms with Gasteiger partial charge in [0.05, 0.1) is 20.3 Å². The number of carbonyl (C=O) groups excluding carboxylic acids is 1. The lowest BCUT2D eigenvalue weighted by Crippen LogP contribution is -2.30. The normalized spacial score (nSPS) is 11.0. The first kappa shape index (κ1) is 20.6. The third-order valence-electron chi connectivity index (χ3n) is 3.18. The molecule has 0 spiro atoms. The van der Waals surface area contributed by atoms with Gasteiger partial charge < -0.3 is 24.8 Å². The molecule has 25 heavy (non-hydrogen) atoms. The van der Waals surface area contributed by atoms with Crippen molar-refractivity contribution in [2.75, 3.05) is 38.7 Å². The molecule has 0 aliphatic rings. The summed E-state index contributed by atoms with van der Waals surface area (Å²) in [5.74, 6) is 1.82. The Hall–Kier alpha value is -2.44. The number of aliphatic imine (C=N–C) groups is 1. The lowest BCUT2D eigenvalue weighted by molar-refractivity contribution is -0.143. The number of nitrogens with zero attached hydrogens (tertiary/aromatic N) is 1. The zero-order valence-corrected chi connectivity index (χ0v) is 15.6. The standard InChI is InChI=1S/C18H29N3O4/c1-5-19-18(20-12-8-9-17(22)25-7-3)21-14-10-11-15(23-4)16(13-14)24-6-2/h10-11,13H,5-9,12H2,1-4H3,(H2,19,20,21). The van der Waals surface area contributed by atoms with Crippen molar-refractivity contribution in [2.24, 2.45) is 4.99 Å². The summed E-state index contributed by atoms with van der Waals surface area (Å²) in [4.78, 5) is 15.8. The van der Waals surface area contributed by atoms with E-state index in [-0.39, 0.29) is 5.97 Å². The molecule has 0 radical (unpaired) electrons. The number of rotatable bonds is 10. The van der Waals surface area contributed by atoms with Crippen molar-refractivity contribution in [3.63, 3.8) is 0 Å². The van der Waals surface area contributed by atoms with E-state index in [2.05, 4.69) is 15.6 Å². The van der Waals surface area contributed by atoms with Crippen molar-refractivity contribution in [2.45, 2.75) is 33.6 Å². The molecule has 7 heteroatoms. The fourth-order valence-electron chi connectivity index (χ4n) is 2.11. The molecule has 0 bridgehead atoms. The minimum absolute atomic E-state index is 0.188. The molecular weight excluding hydrogens is 322 g/mol. The van der Waals surface area contributed by atoms with E-state index in [1.807, 2.05) is 32.0 Å². The molecule has 0 saturated heterocycles. The highest BCUT2D eigenvalue weighted by Gasteiger charge is 2.07. The van der Waals surface area contributed by atoms with Gasteiger partial charge in [-0.25, -0.2) is 0 Å². The molecule has 1 aromatic carbocycles. The number of ether oxygens (including phenoxy) is 3. The van der Waals surface area contributed by atoms with E-state index in [1.165, 1.54) is 0 Å². The zero-order chi connectivity index (χ0) is 18.5. The van der Waals surface area contributed by atoms with E-state index < -0.39 is 0 Å². The lowest BCUT2D eigenvalue weighted by Gasteiger charge is -2.14. The molecule has 140 valence electrons. The summed E-state index contributed by atoms with van der Waals surface area (Å²) in [5, 5.41) is 6.41. The Morgan fingerprint density at radius 1 is 1.16 bits per heavy atom. The van der Waals surface area contributed by atoms with Gasteiger partial charge in [0.15, 0.2) is 17.5 Å². The monoisotopic (exact) mass is 351 g/mol. The summed E-state index contributed by atoms with van der Waals surface area (Å²) in [7, 11) is 1.61. The van der Waals surface area contributed by atoms with E-state index in [4.69, 9.17) is 14.2 Å². The first-order valence-electron chi connectivity index (χ1n) is 8.66. The highest BCUT2D eigenvalue weighted by Crippen LogP contribution is 2.30. The molecule has 1 rings (SSSR count). The SMILES string of the molecule is CCNC(=NCCCC(=O)OCC)Nc1ccc(OC)c(OCC)c1. The molecule has 2 N–H and O–H groups in total. The average Bonchev–Trinajstić information content (AvgIpc) is 2.59. The maximum Gasteiger partial charge on any atom is 0.305 e. The summed E-state index contributed by atoms with van der Waals surface area (Å²) >= 11 is 0. The molecule has 0 aliphatic heterocycles. The Kier molecular flexibility index (Phi) is 9.89. The van der Waals surface area contributed by atoms with Crippen LogP contribution in [0.4, 0.5) is 5.69 Å². The molecule has 0 atom stereocenters. The largest absolute Gasteiger partial charge is 0.493 e. The van der Waals surface area contributed by atoms with Crippen LogP contribution in [0.5, 0.6) is 11.5 Å². The van der Waals surface area contributed by atoms with Crippen LogP contribution in [-0.4, -0.2) is 45.3 Å². The number of methoxy groups -OCH3 is 1. The number of esters is 1. The molecule has 0 amide bonds. The maximum absolute atomic E-state index is 11.3. The number of hydrogen-bond acceptors (Lipinski definition) is 5. The Bertz CT molecular complexity index is 561. The summed E-state index contributed by atoms with van der Waals surface area (Å²) in [5.41, 5.74) is 0.842. The predicted octanol–water partition coefficient (Wildman–Crippen LogP) is 2.81. The smallest absolute Gasteiger partial charge is 0.305 e. The zero-order valence-electron chi connectivity index (χ0n) is 15.6. The van der Waals surface area contributed by atoms with Crippen LogP contribution in [0, 0.1) is 0 Å². The number of nitrogens with one attached hydrogen (secondary N) is 2. The Balaban J connectivity index is 2.68. The molecule has 0 saturated carbocycles. The van der Waals surface area contributed by atoms with E-state index >= 15 is 0 Å². The van der Waals surface area contributed by atoms with Gasteiger partial charge in [-0.1, -0.05) is 0 Å². The predicted molar refractivity (Wildman–Crippen MR) is 99.6 cm³/mol. The molecule has 0 aromatic heterocycles. The van der Waals surface area contributed by atoms with Gasteiger partial charge in [-0.15, -0.1) is 0 Å². The minimum Gasteiger partial charge on any atom is -0.493 e. The highest BCUT2D eigenvalue weighted by atomic mass is 16.5. The van der Waals surface area contributed by atoms with E-state index in [0.29, 0.717) is 50.1 Å². The lowest BCUT2D eigenvalue weighted by atomic mass is 10.2. The van der Waals surface area contributed by atoms with E-state index in [9.17, 15) is 4.79 Å². The Labute approximate surface area is 149 Å². The van der Waals surface area contributed by atoms with Gasteiger partial charge in [-0.2, -0.15) is 0 Å². The number of anilines is 1. The van der Waals surface area contributed by atoms with Gasteiger partial charge >= 0.3 is 5.97 Å². The van der Waals surface area contributed by atoms with Crippen molar-refractivity contribution in [1.29, 1.82) is 0 Å². The molecule has 0 fully saturated rings. The minimum atomic E-state index is -0.188. The number of hydrogen-bond donors (Lipinski definition) is 2. The van der Waals surface area contributed by atoms with Crippen LogP contribution in [0.3, 0.4) is 0 Å². The first-order chi connectivity index (χ1) is 12.1. The Morgan fingerprint density at radius 3 is 2.60 bits per heavy atom. The molecule has 0 unspecified atom stereocenters. The van der Waals surface area contributed by atoms with Gasteiger partial charge in [0, 0.05) is 31.3 Å². The van der Waals surface area contributed by atoms with Crippen molar-refractivity contribution in [1.82, 2.24) is 5.32 Å². The second kappa shape index (κ2) is 12.0. The van der Waals surface area contributed by atoms with Crippen LogP contribution in [0.2, 0.25) is 0 Å². The fraction of sp³-hybridized carbons (Fsp3) is 0.556. The van der Waals surface area contributed by atoms with E-state index in [1.54, 1.807) is 14.0 Å².